The molecule has 2 rings (SSSR count). The number of nitrogens with one attached hydrogen (secondary N) is 1. The molecular weight excluding hydrogens is 254 g/mol. The molecule has 112 valence electrons. The predicted octanol–water partition coefficient (Wildman–Crippen LogP) is 0.256. The lowest BCUT2D eigenvalue weighted by Crippen LogP contribution is -2.50. The van der Waals surface area contributed by atoms with E-state index < -0.39 is 5.60 Å². The Labute approximate surface area is 120 Å². The maximum absolute atomic E-state index is 9.85. The monoisotopic (exact) mass is 279 g/mol. The van der Waals surface area contributed by atoms with Crippen LogP contribution < -0.4 is 11.3 Å². The minimum atomic E-state index is -0.616. The Hall–Kier alpha value is -1.21. The Bertz CT molecular complexity index is 424. The summed E-state index contributed by atoms with van der Waals surface area (Å²) in [4.78, 5) is 8.84. The first kappa shape index (κ1) is 15.2. The van der Waals surface area contributed by atoms with Gasteiger partial charge >= 0.3 is 0 Å². The molecule has 1 saturated heterocycles. The lowest BCUT2D eigenvalue weighted by Gasteiger charge is -2.37. The Kier molecular flexibility index (Phi) is 4.93. The second kappa shape index (κ2) is 6.49. The molecule has 0 bridgehead atoms. The maximum atomic E-state index is 9.85. The second-order valence-corrected chi connectivity index (χ2v) is 6.06. The molecule has 1 aliphatic rings. The SMILES string of the molecule is CC(C)(O)CN1CCN(Cc2ccnc(NN)c2)CC1. The van der Waals surface area contributed by atoms with Crippen molar-refractivity contribution in [3.8, 4) is 0 Å². The summed E-state index contributed by atoms with van der Waals surface area (Å²) in [5.74, 6) is 6.07. The lowest BCUT2D eigenvalue weighted by molar-refractivity contribution is 0.0167. The molecule has 6 nitrogen and oxygen atoms in total. The molecule has 20 heavy (non-hydrogen) atoms. The molecular formula is C14H25N5O. The van der Waals surface area contributed by atoms with Gasteiger partial charge in [-0.15, -0.1) is 0 Å². The summed E-state index contributed by atoms with van der Waals surface area (Å²) in [6.07, 6.45) is 1.77. The first-order chi connectivity index (χ1) is 9.46. The van der Waals surface area contributed by atoms with Crippen LogP contribution in [0.15, 0.2) is 18.3 Å². The summed E-state index contributed by atoms with van der Waals surface area (Å²) in [5, 5.41) is 9.85. The van der Waals surface area contributed by atoms with E-state index in [-0.39, 0.29) is 0 Å². The molecule has 0 aromatic carbocycles. The number of nitrogen functional groups attached to an aromatic ring is 1. The van der Waals surface area contributed by atoms with E-state index >= 15 is 0 Å². The van der Waals surface area contributed by atoms with Crippen LogP contribution in [0.5, 0.6) is 0 Å². The molecule has 2 heterocycles. The highest BCUT2D eigenvalue weighted by Crippen LogP contribution is 2.12. The van der Waals surface area contributed by atoms with Crippen LogP contribution in [0.4, 0.5) is 5.82 Å². The van der Waals surface area contributed by atoms with Crippen LogP contribution in [0, 0.1) is 0 Å². The summed E-state index contributed by atoms with van der Waals surface area (Å²) in [6, 6.07) is 3.99. The number of aromatic nitrogens is 1. The number of rotatable bonds is 5. The summed E-state index contributed by atoms with van der Waals surface area (Å²) >= 11 is 0. The summed E-state index contributed by atoms with van der Waals surface area (Å²) in [7, 11) is 0. The van der Waals surface area contributed by atoms with Crippen molar-refractivity contribution in [1.82, 2.24) is 14.8 Å². The van der Waals surface area contributed by atoms with Gasteiger partial charge in [-0.05, 0) is 31.5 Å². The van der Waals surface area contributed by atoms with E-state index in [0.717, 1.165) is 39.3 Å². The molecule has 6 heteroatoms. The zero-order chi connectivity index (χ0) is 14.6. The van der Waals surface area contributed by atoms with Crippen LogP contribution >= 0.6 is 0 Å². The van der Waals surface area contributed by atoms with Gasteiger partial charge < -0.3 is 10.5 Å². The molecule has 0 unspecified atom stereocenters. The average molecular weight is 279 g/mol. The number of hydrazine groups is 1. The number of piperazine rings is 1. The van der Waals surface area contributed by atoms with Crippen LogP contribution in [0.25, 0.3) is 0 Å². The topological polar surface area (TPSA) is 77.7 Å². The molecule has 0 saturated carbocycles. The van der Waals surface area contributed by atoms with Gasteiger partial charge in [-0.3, -0.25) is 9.80 Å². The van der Waals surface area contributed by atoms with Crippen molar-refractivity contribution >= 4 is 5.82 Å². The molecule has 0 spiro atoms. The number of hydrogen-bond donors (Lipinski definition) is 3. The number of hydrogen-bond acceptors (Lipinski definition) is 6. The van der Waals surface area contributed by atoms with Gasteiger partial charge in [0.2, 0.25) is 0 Å². The highest BCUT2D eigenvalue weighted by Gasteiger charge is 2.22. The molecule has 1 fully saturated rings. The number of β-amino-alcohol motifs (C(OH)–C–C–N with tert-alkyl or cyclic N) is 1. The molecule has 0 atom stereocenters. The van der Waals surface area contributed by atoms with E-state index in [1.165, 1.54) is 5.56 Å². The smallest absolute Gasteiger partial charge is 0.140 e. The van der Waals surface area contributed by atoms with E-state index in [9.17, 15) is 5.11 Å². The molecule has 1 aliphatic heterocycles. The van der Waals surface area contributed by atoms with Crippen molar-refractivity contribution in [2.24, 2.45) is 5.84 Å². The van der Waals surface area contributed by atoms with Gasteiger partial charge in [0.05, 0.1) is 5.60 Å². The van der Waals surface area contributed by atoms with Crippen molar-refractivity contribution < 1.29 is 5.11 Å². The molecule has 0 aliphatic carbocycles. The van der Waals surface area contributed by atoms with Crippen LogP contribution in [0.1, 0.15) is 19.4 Å². The molecule has 4 N–H and O–H groups in total. The van der Waals surface area contributed by atoms with Gasteiger partial charge in [0.1, 0.15) is 5.82 Å². The predicted molar refractivity (Wildman–Crippen MR) is 80.1 cm³/mol. The fraction of sp³-hybridized carbons (Fsp3) is 0.643. The third kappa shape index (κ3) is 4.72. The molecule has 0 radical (unpaired) electrons. The quantitative estimate of drug-likeness (QED) is 0.530. The highest BCUT2D eigenvalue weighted by atomic mass is 16.3. The molecule has 1 aromatic heterocycles. The highest BCUT2D eigenvalue weighted by molar-refractivity contribution is 5.35. The van der Waals surface area contributed by atoms with Crippen molar-refractivity contribution in [2.45, 2.75) is 26.0 Å². The van der Waals surface area contributed by atoms with Gasteiger partial charge in [0, 0.05) is 45.5 Å². The van der Waals surface area contributed by atoms with Crippen LogP contribution in [0.2, 0.25) is 0 Å². The fourth-order valence-corrected chi connectivity index (χ4v) is 2.56. The third-order valence-electron chi connectivity index (χ3n) is 3.45. The van der Waals surface area contributed by atoms with E-state index in [4.69, 9.17) is 5.84 Å². The van der Waals surface area contributed by atoms with Gasteiger partial charge in [-0.1, -0.05) is 0 Å². The van der Waals surface area contributed by atoms with Gasteiger partial charge in [-0.25, -0.2) is 10.8 Å². The van der Waals surface area contributed by atoms with Crippen molar-refractivity contribution in [1.29, 1.82) is 0 Å². The first-order valence-corrected chi connectivity index (χ1v) is 7.05. The van der Waals surface area contributed by atoms with Gasteiger partial charge in [0.15, 0.2) is 0 Å². The largest absolute Gasteiger partial charge is 0.389 e. The van der Waals surface area contributed by atoms with E-state index in [1.54, 1.807) is 6.20 Å². The normalized spacial score (nSPS) is 18.2. The van der Waals surface area contributed by atoms with Crippen molar-refractivity contribution in [2.75, 3.05) is 38.1 Å². The summed E-state index contributed by atoms with van der Waals surface area (Å²) in [5.41, 5.74) is 3.17. The fourth-order valence-electron chi connectivity index (χ4n) is 2.56. The Morgan fingerprint density at radius 2 is 1.95 bits per heavy atom. The maximum Gasteiger partial charge on any atom is 0.140 e. The standard InChI is InChI=1S/C14H25N5O/c1-14(2,20)11-19-7-5-18(6-8-19)10-12-3-4-16-13(9-12)17-15/h3-4,9,20H,5-8,10-11,15H2,1-2H3,(H,16,17). The van der Waals surface area contributed by atoms with Crippen LogP contribution in [-0.4, -0.2) is 58.2 Å². The zero-order valence-electron chi connectivity index (χ0n) is 12.3. The number of nitrogens with two attached hydrogens (primary N) is 1. The first-order valence-electron chi connectivity index (χ1n) is 7.05. The summed E-state index contributed by atoms with van der Waals surface area (Å²) in [6.45, 7) is 9.39. The van der Waals surface area contributed by atoms with Crippen LogP contribution in [0.3, 0.4) is 0 Å². The van der Waals surface area contributed by atoms with Crippen molar-refractivity contribution in [3.05, 3.63) is 23.9 Å². The minimum absolute atomic E-state index is 0.616. The van der Waals surface area contributed by atoms with Crippen molar-refractivity contribution in [3.63, 3.8) is 0 Å². The molecule has 0 amide bonds. The zero-order valence-corrected chi connectivity index (χ0v) is 12.3. The number of aliphatic hydroxyl groups is 1. The van der Waals surface area contributed by atoms with Gasteiger partial charge in [0.25, 0.3) is 0 Å². The van der Waals surface area contributed by atoms with E-state index in [2.05, 4.69) is 20.2 Å². The number of nitrogens with zero attached hydrogens (tertiary/aromatic N) is 3. The lowest BCUT2D eigenvalue weighted by atomic mass is 10.1. The molecule has 1 aromatic rings. The summed E-state index contributed by atoms with van der Waals surface area (Å²) < 4.78 is 0. The van der Waals surface area contributed by atoms with Crippen LogP contribution in [-0.2, 0) is 6.54 Å². The van der Waals surface area contributed by atoms with E-state index in [0.29, 0.717) is 5.82 Å². The number of pyridine rings is 1. The second-order valence-electron chi connectivity index (χ2n) is 6.06. The average Bonchev–Trinajstić information content (AvgIpc) is 2.40. The van der Waals surface area contributed by atoms with Gasteiger partial charge in [-0.2, -0.15) is 0 Å². The minimum Gasteiger partial charge on any atom is -0.389 e. The number of anilines is 1. The Morgan fingerprint density at radius 1 is 1.30 bits per heavy atom. The Balaban J connectivity index is 1.82. The third-order valence-corrected chi connectivity index (χ3v) is 3.45. The Morgan fingerprint density at radius 3 is 2.55 bits per heavy atom. The van der Waals surface area contributed by atoms with E-state index in [1.807, 2.05) is 26.0 Å².